The van der Waals surface area contributed by atoms with Gasteiger partial charge in [-0.05, 0) is 6.42 Å². The average Bonchev–Trinajstić information content (AvgIpc) is 2.99. The first-order chi connectivity index (χ1) is 10.3. The van der Waals surface area contributed by atoms with Crippen LogP contribution in [0.5, 0.6) is 0 Å². The van der Waals surface area contributed by atoms with Crippen molar-refractivity contribution >= 4 is 10.9 Å². The Kier molecular flexibility index (Phi) is 8.00. The summed E-state index contributed by atoms with van der Waals surface area (Å²) in [4.78, 5) is 3.06. The molecule has 1 unspecified atom stereocenters. The minimum atomic E-state index is 0. The summed E-state index contributed by atoms with van der Waals surface area (Å²) >= 11 is 0. The van der Waals surface area contributed by atoms with Crippen molar-refractivity contribution in [3.05, 3.63) is 83.1 Å². The Labute approximate surface area is 174 Å². The first-order valence-electron chi connectivity index (χ1n) is 7.49. The largest absolute Gasteiger partial charge is 4.00 e. The summed E-state index contributed by atoms with van der Waals surface area (Å²) in [7, 11) is 0. The maximum atomic E-state index is 3.45. The second-order valence-electron chi connectivity index (χ2n) is 5.75. The number of rotatable bonds is 0. The molecular formula is C20H17Cl2NZr. The maximum absolute atomic E-state index is 3.45. The van der Waals surface area contributed by atoms with Gasteiger partial charge in [0.15, 0.2) is 0 Å². The standard InChI is InChI=1S/C11H9.C9H8N.2ClH.Zr/c1-2-4-10-8(3-1)7-9-5-6-11(9)10;1-7-6-10-9-5-3-2-4-8(7)9;;;/h1-4,11H,5-6H2;2-5,10H,1H3;2*1H;/q2*-1;;;+4/p-2. The molecule has 1 fully saturated rings. The van der Waals surface area contributed by atoms with Gasteiger partial charge >= 0.3 is 26.2 Å². The van der Waals surface area contributed by atoms with E-state index in [1.165, 1.54) is 46.0 Å². The molecule has 1 heterocycles. The summed E-state index contributed by atoms with van der Waals surface area (Å²) in [5, 5.41) is 1.27. The molecule has 1 saturated carbocycles. The van der Waals surface area contributed by atoms with E-state index in [2.05, 4.69) is 60.6 Å². The fraction of sp³-hybridized carbons (Fsp3) is 0.200. The van der Waals surface area contributed by atoms with Gasteiger partial charge in [0.1, 0.15) is 0 Å². The van der Waals surface area contributed by atoms with Crippen LogP contribution >= 0.6 is 0 Å². The Balaban J connectivity index is 0.000000214. The fourth-order valence-corrected chi connectivity index (χ4v) is 3.16. The zero-order valence-electron chi connectivity index (χ0n) is 13.4. The average molecular weight is 433 g/mol. The molecule has 24 heavy (non-hydrogen) atoms. The van der Waals surface area contributed by atoms with Crippen LogP contribution in [-0.2, 0) is 26.2 Å². The zero-order chi connectivity index (χ0) is 14.2. The number of fused-ring (bicyclic) bond motifs is 4. The molecule has 2 aliphatic carbocycles. The van der Waals surface area contributed by atoms with Crippen molar-refractivity contribution in [3.8, 4) is 0 Å². The Morgan fingerprint density at radius 1 is 1.00 bits per heavy atom. The van der Waals surface area contributed by atoms with E-state index in [1.54, 1.807) is 0 Å². The number of benzene rings is 2. The second kappa shape index (κ2) is 9.04. The molecule has 120 valence electrons. The number of aromatic amines is 1. The molecule has 1 aromatic heterocycles. The number of hydrogen-bond donors (Lipinski definition) is 1. The number of nitrogens with one attached hydrogen (secondary N) is 1. The van der Waals surface area contributed by atoms with Crippen LogP contribution in [-0.4, -0.2) is 4.98 Å². The molecule has 0 amide bonds. The summed E-state index contributed by atoms with van der Waals surface area (Å²) < 4.78 is 0. The molecule has 5 rings (SSSR count). The van der Waals surface area contributed by atoms with Gasteiger partial charge in [-0.1, -0.05) is 37.5 Å². The van der Waals surface area contributed by atoms with Gasteiger partial charge in [0.25, 0.3) is 0 Å². The van der Waals surface area contributed by atoms with Gasteiger partial charge in [0.2, 0.25) is 0 Å². The van der Waals surface area contributed by atoms with Crippen LogP contribution < -0.4 is 24.8 Å². The first-order valence-corrected chi connectivity index (χ1v) is 7.49. The molecule has 1 N–H and O–H groups in total. The van der Waals surface area contributed by atoms with Crippen LogP contribution in [0.25, 0.3) is 10.9 Å². The van der Waals surface area contributed by atoms with Crippen molar-refractivity contribution in [1.29, 1.82) is 0 Å². The van der Waals surface area contributed by atoms with Gasteiger partial charge < -0.3 is 29.8 Å². The van der Waals surface area contributed by atoms with Crippen LogP contribution in [0.1, 0.15) is 35.4 Å². The number of H-pyrrole nitrogens is 1. The summed E-state index contributed by atoms with van der Waals surface area (Å²) in [5.41, 5.74) is 6.74. The molecule has 0 radical (unpaired) electrons. The van der Waals surface area contributed by atoms with Gasteiger partial charge in [-0.25, -0.2) is 0 Å². The molecule has 0 bridgehead atoms. The predicted molar refractivity (Wildman–Crippen MR) is 86.1 cm³/mol. The summed E-state index contributed by atoms with van der Waals surface area (Å²) in [6, 6.07) is 16.8. The molecule has 0 aliphatic heterocycles. The monoisotopic (exact) mass is 431 g/mol. The first kappa shape index (κ1) is 21.2. The SMILES string of the molecule is Cc1[c-][nH]c2ccccc12.[C-]1=C2CCC2c2ccccc21.[Cl-].[Cl-].[Zr+4]. The van der Waals surface area contributed by atoms with Crippen molar-refractivity contribution in [2.24, 2.45) is 0 Å². The zero-order valence-corrected chi connectivity index (χ0v) is 17.3. The van der Waals surface area contributed by atoms with Crippen molar-refractivity contribution < 1.29 is 51.0 Å². The third kappa shape index (κ3) is 3.88. The number of aromatic nitrogens is 1. The topological polar surface area (TPSA) is 15.8 Å². The van der Waals surface area contributed by atoms with E-state index >= 15 is 0 Å². The number of allylic oxidation sites excluding steroid dienone is 1. The third-order valence-electron chi connectivity index (χ3n) is 4.47. The van der Waals surface area contributed by atoms with E-state index in [0.29, 0.717) is 0 Å². The van der Waals surface area contributed by atoms with E-state index in [-0.39, 0.29) is 51.0 Å². The van der Waals surface area contributed by atoms with Gasteiger partial charge in [-0.15, -0.1) is 47.1 Å². The van der Waals surface area contributed by atoms with Crippen LogP contribution in [0.4, 0.5) is 0 Å². The normalized spacial score (nSPS) is 15.9. The molecule has 1 nitrogen and oxygen atoms in total. The second-order valence-corrected chi connectivity index (χ2v) is 5.75. The Hall–Kier alpha value is -0.817. The van der Waals surface area contributed by atoms with E-state index in [1.807, 2.05) is 12.1 Å². The Morgan fingerprint density at radius 2 is 1.71 bits per heavy atom. The van der Waals surface area contributed by atoms with Gasteiger partial charge in [0.05, 0.1) is 0 Å². The van der Waals surface area contributed by atoms with Crippen LogP contribution in [0.15, 0.2) is 54.1 Å². The number of halogens is 2. The smallest absolute Gasteiger partial charge is 1.00 e. The van der Waals surface area contributed by atoms with E-state index in [4.69, 9.17) is 0 Å². The van der Waals surface area contributed by atoms with E-state index in [0.717, 1.165) is 5.92 Å². The fourth-order valence-electron chi connectivity index (χ4n) is 3.16. The Morgan fingerprint density at radius 3 is 2.42 bits per heavy atom. The summed E-state index contributed by atoms with van der Waals surface area (Å²) in [6.45, 7) is 2.05. The summed E-state index contributed by atoms with van der Waals surface area (Å²) in [6.07, 6.45) is 9.13. The van der Waals surface area contributed by atoms with Crippen LogP contribution in [0.2, 0.25) is 0 Å². The maximum Gasteiger partial charge on any atom is 4.00 e. The van der Waals surface area contributed by atoms with Gasteiger partial charge in [-0.3, -0.25) is 0 Å². The minimum absolute atomic E-state index is 0. The minimum Gasteiger partial charge on any atom is -1.00 e. The van der Waals surface area contributed by atoms with E-state index in [9.17, 15) is 0 Å². The van der Waals surface area contributed by atoms with E-state index < -0.39 is 0 Å². The molecule has 3 aromatic rings. The Bertz CT molecular complexity index is 838. The number of aryl methyl sites for hydroxylation is 1. The number of para-hydroxylation sites is 1. The third-order valence-corrected chi connectivity index (χ3v) is 4.47. The van der Waals surface area contributed by atoms with Crippen molar-refractivity contribution in [1.82, 2.24) is 4.98 Å². The predicted octanol–water partition coefficient (Wildman–Crippen LogP) is -1.06. The molecule has 0 saturated heterocycles. The molecule has 2 aliphatic rings. The molecular weight excluding hydrogens is 416 g/mol. The van der Waals surface area contributed by atoms with Crippen LogP contribution in [0.3, 0.4) is 0 Å². The van der Waals surface area contributed by atoms with Crippen molar-refractivity contribution in [2.75, 3.05) is 0 Å². The summed E-state index contributed by atoms with van der Waals surface area (Å²) in [5.74, 6) is 0.756. The van der Waals surface area contributed by atoms with Gasteiger partial charge in [0, 0.05) is 0 Å². The quantitative estimate of drug-likeness (QED) is 0.435. The molecule has 0 spiro atoms. The molecule has 2 aromatic carbocycles. The van der Waals surface area contributed by atoms with Crippen molar-refractivity contribution in [3.63, 3.8) is 0 Å². The van der Waals surface area contributed by atoms with Crippen LogP contribution in [0, 0.1) is 19.2 Å². The molecule has 4 heteroatoms. The van der Waals surface area contributed by atoms with Gasteiger partial charge in [-0.2, -0.15) is 28.7 Å². The van der Waals surface area contributed by atoms with Crippen molar-refractivity contribution in [2.45, 2.75) is 25.7 Å². The number of hydrogen-bond acceptors (Lipinski definition) is 0. The molecule has 1 atom stereocenters.